The van der Waals surface area contributed by atoms with E-state index in [0.717, 1.165) is 18.8 Å². The summed E-state index contributed by atoms with van der Waals surface area (Å²) in [6.45, 7) is 2.75. The molecule has 2 atom stereocenters. The summed E-state index contributed by atoms with van der Waals surface area (Å²) in [6.07, 6.45) is 4.95. The van der Waals surface area contributed by atoms with E-state index in [4.69, 9.17) is 11.6 Å². The van der Waals surface area contributed by atoms with Gasteiger partial charge in [0.15, 0.2) is 0 Å². The van der Waals surface area contributed by atoms with Gasteiger partial charge in [-0.3, -0.25) is 4.21 Å². The van der Waals surface area contributed by atoms with Gasteiger partial charge in [0.1, 0.15) is 5.82 Å². The number of hydrogen-bond donors (Lipinski definition) is 0. The monoisotopic (exact) mass is 261 g/mol. The van der Waals surface area contributed by atoms with Crippen LogP contribution in [-0.2, 0) is 17.3 Å². The van der Waals surface area contributed by atoms with Gasteiger partial charge in [-0.1, -0.05) is 6.92 Å². The molecule has 0 saturated heterocycles. The Morgan fingerprint density at radius 1 is 1.56 bits per heavy atom. The van der Waals surface area contributed by atoms with E-state index < -0.39 is 10.8 Å². The molecule has 1 aliphatic carbocycles. The summed E-state index contributed by atoms with van der Waals surface area (Å²) in [5, 5.41) is 8.65. The summed E-state index contributed by atoms with van der Waals surface area (Å²) in [6, 6.07) is 0. The molecule has 0 N–H and O–H groups in total. The number of aromatic nitrogens is 3. The molecule has 1 heterocycles. The van der Waals surface area contributed by atoms with E-state index in [1.54, 1.807) is 6.26 Å². The molecule has 0 aromatic carbocycles. The zero-order valence-electron chi connectivity index (χ0n) is 9.52. The van der Waals surface area contributed by atoms with Crippen molar-refractivity contribution in [3.63, 3.8) is 0 Å². The molecule has 1 aromatic heterocycles. The third kappa shape index (κ3) is 2.63. The predicted octanol–water partition coefficient (Wildman–Crippen LogP) is 1.97. The fourth-order valence-electron chi connectivity index (χ4n) is 1.62. The van der Waals surface area contributed by atoms with Crippen LogP contribution in [0.1, 0.15) is 37.9 Å². The molecular weight excluding hydrogens is 246 g/mol. The smallest absolute Gasteiger partial charge is 0.225 e. The number of hydrogen-bond acceptors (Lipinski definition) is 3. The minimum absolute atomic E-state index is 0.186. The summed E-state index contributed by atoms with van der Waals surface area (Å²) in [4.78, 5) is 0. The SMILES string of the molecule is CC(CCn1c(Cl)nnc1C1CC1)S(C)=O. The van der Waals surface area contributed by atoms with Crippen molar-refractivity contribution < 1.29 is 4.21 Å². The van der Waals surface area contributed by atoms with Crippen molar-refractivity contribution in [2.75, 3.05) is 6.26 Å². The Kier molecular flexibility index (Phi) is 3.64. The highest BCUT2D eigenvalue weighted by Gasteiger charge is 2.30. The zero-order valence-corrected chi connectivity index (χ0v) is 11.1. The Balaban J connectivity index is 2.02. The van der Waals surface area contributed by atoms with Crippen LogP contribution in [0.3, 0.4) is 0 Å². The van der Waals surface area contributed by atoms with E-state index in [1.165, 1.54) is 12.8 Å². The van der Waals surface area contributed by atoms with Crippen LogP contribution in [0.2, 0.25) is 5.28 Å². The average molecular weight is 262 g/mol. The Bertz CT molecular complexity index is 403. The summed E-state index contributed by atoms with van der Waals surface area (Å²) < 4.78 is 13.2. The van der Waals surface area contributed by atoms with Gasteiger partial charge in [-0.25, -0.2) is 0 Å². The first-order valence-corrected chi connectivity index (χ1v) is 7.50. The second-order valence-electron chi connectivity index (χ2n) is 4.35. The van der Waals surface area contributed by atoms with Gasteiger partial charge in [-0.2, -0.15) is 0 Å². The van der Waals surface area contributed by atoms with Crippen molar-refractivity contribution in [3.05, 3.63) is 11.1 Å². The number of rotatable bonds is 5. The van der Waals surface area contributed by atoms with Crippen molar-refractivity contribution in [3.8, 4) is 0 Å². The van der Waals surface area contributed by atoms with Gasteiger partial charge in [-0.15, -0.1) is 10.2 Å². The van der Waals surface area contributed by atoms with Crippen molar-refractivity contribution in [1.82, 2.24) is 14.8 Å². The molecule has 0 aliphatic heterocycles. The largest absolute Gasteiger partial charge is 0.301 e. The Morgan fingerprint density at radius 2 is 2.25 bits per heavy atom. The predicted molar refractivity (Wildman–Crippen MR) is 65.2 cm³/mol. The standard InChI is InChI=1S/C10H16ClN3OS/c1-7(16(2)15)5-6-14-9(8-3-4-8)12-13-10(14)11/h7-8H,3-6H2,1-2H3. The first-order valence-electron chi connectivity index (χ1n) is 5.50. The summed E-state index contributed by atoms with van der Waals surface area (Å²) >= 11 is 5.99. The second-order valence-corrected chi connectivity index (χ2v) is 6.49. The normalized spacial score (nSPS) is 19.7. The fraction of sp³-hybridized carbons (Fsp3) is 0.800. The van der Waals surface area contributed by atoms with Gasteiger partial charge in [0, 0.05) is 34.8 Å². The van der Waals surface area contributed by atoms with Crippen molar-refractivity contribution in [2.45, 2.75) is 43.9 Å². The molecule has 1 aliphatic rings. The van der Waals surface area contributed by atoms with Crippen LogP contribution in [0.5, 0.6) is 0 Å². The minimum atomic E-state index is -0.777. The molecule has 1 fully saturated rings. The van der Waals surface area contributed by atoms with E-state index in [1.807, 2.05) is 11.5 Å². The van der Waals surface area contributed by atoms with Gasteiger partial charge < -0.3 is 4.57 Å². The van der Waals surface area contributed by atoms with Crippen LogP contribution in [0, 0.1) is 0 Å². The van der Waals surface area contributed by atoms with Crippen molar-refractivity contribution in [2.24, 2.45) is 0 Å². The van der Waals surface area contributed by atoms with Gasteiger partial charge in [0.2, 0.25) is 5.28 Å². The van der Waals surface area contributed by atoms with Gasteiger partial charge >= 0.3 is 0 Å². The maximum Gasteiger partial charge on any atom is 0.225 e. The Labute approximate surface area is 103 Å². The molecule has 1 aromatic rings. The molecule has 1 saturated carbocycles. The Morgan fingerprint density at radius 3 is 2.81 bits per heavy atom. The minimum Gasteiger partial charge on any atom is -0.301 e. The summed E-state index contributed by atoms with van der Waals surface area (Å²) in [5.41, 5.74) is 0. The molecule has 0 bridgehead atoms. The number of halogens is 1. The first kappa shape index (κ1) is 12.0. The molecule has 6 heteroatoms. The third-order valence-corrected chi connectivity index (χ3v) is 4.65. The quantitative estimate of drug-likeness (QED) is 0.814. The Hall–Kier alpha value is -0.420. The van der Waals surface area contributed by atoms with E-state index in [2.05, 4.69) is 10.2 Å². The molecular formula is C10H16ClN3OS. The fourth-order valence-corrected chi connectivity index (χ4v) is 2.27. The average Bonchev–Trinajstić information content (AvgIpc) is 3.00. The lowest BCUT2D eigenvalue weighted by Gasteiger charge is -2.10. The molecule has 0 spiro atoms. The van der Waals surface area contributed by atoms with Crippen LogP contribution in [0.4, 0.5) is 0 Å². The molecule has 0 amide bonds. The highest BCUT2D eigenvalue weighted by Crippen LogP contribution is 2.39. The van der Waals surface area contributed by atoms with Crippen LogP contribution in [0.15, 0.2) is 0 Å². The maximum atomic E-state index is 11.3. The molecule has 90 valence electrons. The highest BCUT2D eigenvalue weighted by atomic mass is 35.5. The molecule has 16 heavy (non-hydrogen) atoms. The van der Waals surface area contributed by atoms with E-state index in [0.29, 0.717) is 11.2 Å². The molecule has 2 rings (SSSR count). The van der Waals surface area contributed by atoms with Crippen LogP contribution < -0.4 is 0 Å². The molecule has 4 nitrogen and oxygen atoms in total. The lowest BCUT2D eigenvalue weighted by Crippen LogP contribution is -2.14. The molecule has 0 radical (unpaired) electrons. The van der Waals surface area contributed by atoms with Gasteiger partial charge in [0.05, 0.1) is 0 Å². The third-order valence-electron chi connectivity index (χ3n) is 3.00. The van der Waals surface area contributed by atoms with Gasteiger partial charge in [0.25, 0.3) is 0 Å². The van der Waals surface area contributed by atoms with Crippen LogP contribution in [0.25, 0.3) is 0 Å². The highest BCUT2D eigenvalue weighted by molar-refractivity contribution is 7.84. The van der Waals surface area contributed by atoms with E-state index in [9.17, 15) is 4.21 Å². The first-order chi connectivity index (χ1) is 7.59. The second kappa shape index (κ2) is 4.84. The van der Waals surface area contributed by atoms with Gasteiger partial charge in [-0.05, 0) is 30.9 Å². The van der Waals surface area contributed by atoms with E-state index in [-0.39, 0.29) is 5.25 Å². The van der Waals surface area contributed by atoms with Crippen molar-refractivity contribution in [1.29, 1.82) is 0 Å². The van der Waals surface area contributed by atoms with Crippen molar-refractivity contribution >= 4 is 22.4 Å². The lowest BCUT2D eigenvalue weighted by atomic mass is 10.3. The van der Waals surface area contributed by atoms with Crippen LogP contribution >= 0.6 is 11.6 Å². The number of nitrogens with zero attached hydrogens (tertiary/aromatic N) is 3. The maximum absolute atomic E-state index is 11.3. The zero-order chi connectivity index (χ0) is 11.7. The van der Waals surface area contributed by atoms with E-state index >= 15 is 0 Å². The topological polar surface area (TPSA) is 47.8 Å². The summed E-state index contributed by atoms with van der Waals surface area (Å²) in [5.74, 6) is 1.54. The summed E-state index contributed by atoms with van der Waals surface area (Å²) in [7, 11) is -0.777. The molecule has 2 unspecified atom stereocenters. The lowest BCUT2D eigenvalue weighted by molar-refractivity contribution is 0.598. The van der Waals surface area contributed by atoms with Crippen LogP contribution in [-0.4, -0.2) is 30.5 Å².